The van der Waals surface area contributed by atoms with E-state index >= 15 is 0 Å². The third-order valence-electron chi connectivity index (χ3n) is 5.77. The van der Waals surface area contributed by atoms with Gasteiger partial charge in [-0.1, -0.05) is 30.3 Å². The number of nitrogens with zero attached hydrogens (tertiary/aromatic N) is 3. The van der Waals surface area contributed by atoms with Gasteiger partial charge in [0, 0.05) is 42.6 Å². The summed E-state index contributed by atoms with van der Waals surface area (Å²) in [7, 11) is 0. The standard InChI is InChI=1S/C19H28ClN7S/c1-12-2-4-19(15(12)21)5-8-24-10-11-27-18(17(23)26-9-6-19)28-13-3-7-25-16(22)14(13)20/h3,7,10-12,15,24H,2,4-6,8-9,21H2,1H3,(H2,22,25)(H2,23,26)/b11-10+,27-18?. The Hall–Kier alpha value is -1.77. The predicted octanol–water partition coefficient (Wildman–Crippen LogP) is 2.76. The smallest absolute Gasteiger partial charge is 0.151 e. The van der Waals surface area contributed by atoms with E-state index in [0.717, 1.165) is 30.7 Å². The van der Waals surface area contributed by atoms with Gasteiger partial charge in [0.15, 0.2) is 5.84 Å². The van der Waals surface area contributed by atoms with E-state index < -0.39 is 0 Å². The fourth-order valence-corrected chi connectivity index (χ4v) is 5.01. The van der Waals surface area contributed by atoms with E-state index in [-0.39, 0.29) is 17.3 Å². The molecule has 2 aliphatic rings. The summed E-state index contributed by atoms with van der Waals surface area (Å²) in [6.45, 7) is 3.73. The van der Waals surface area contributed by atoms with Gasteiger partial charge in [-0.2, -0.15) is 0 Å². The minimum absolute atomic E-state index is 0.108. The van der Waals surface area contributed by atoms with Crippen LogP contribution >= 0.6 is 23.4 Å². The maximum atomic E-state index is 6.58. The highest BCUT2D eigenvalue weighted by atomic mass is 35.5. The van der Waals surface area contributed by atoms with Crippen LogP contribution in [0.1, 0.15) is 32.6 Å². The Kier molecular flexibility index (Phi) is 6.85. The molecule has 3 unspecified atom stereocenters. The molecule has 3 atom stereocenters. The highest BCUT2D eigenvalue weighted by Crippen LogP contribution is 2.46. The van der Waals surface area contributed by atoms with Crippen LogP contribution in [-0.4, -0.2) is 35.0 Å². The van der Waals surface area contributed by atoms with Crippen molar-refractivity contribution in [3.63, 3.8) is 0 Å². The summed E-state index contributed by atoms with van der Waals surface area (Å²) in [6.07, 6.45) is 9.38. The molecule has 1 saturated carbocycles. The van der Waals surface area contributed by atoms with Crippen LogP contribution < -0.4 is 22.5 Å². The van der Waals surface area contributed by atoms with E-state index in [9.17, 15) is 0 Å². The van der Waals surface area contributed by atoms with E-state index in [1.54, 1.807) is 18.5 Å². The first-order valence-electron chi connectivity index (χ1n) is 9.53. The van der Waals surface area contributed by atoms with Gasteiger partial charge in [0.25, 0.3) is 0 Å². The second-order valence-corrected chi connectivity index (χ2v) is 8.89. The average molecular weight is 422 g/mol. The molecule has 152 valence electrons. The quantitative estimate of drug-likeness (QED) is 0.552. The van der Waals surface area contributed by atoms with Crippen LogP contribution in [0.15, 0.2) is 39.5 Å². The number of nitrogens with one attached hydrogen (secondary N) is 1. The molecule has 0 radical (unpaired) electrons. The zero-order valence-electron chi connectivity index (χ0n) is 16.1. The summed E-state index contributed by atoms with van der Waals surface area (Å²) in [5.41, 5.74) is 18.7. The number of rotatable bonds is 1. The number of amidine groups is 1. The third kappa shape index (κ3) is 4.61. The van der Waals surface area contributed by atoms with Gasteiger partial charge in [-0.3, -0.25) is 4.99 Å². The fraction of sp³-hybridized carbons (Fsp3) is 0.526. The topological polar surface area (TPSA) is 128 Å². The fourth-order valence-electron chi connectivity index (χ4n) is 3.97. The highest BCUT2D eigenvalue weighted by Gasteiger charge is 2.43. The minimum atomic E-state index is 0.108. The number of thioether (sulfide) groups is 1. The van der Waals surface area contributed by atoms with Crippen molar-refractivity contribution < 1.29 is 0 Å². The van der Waals surface area contributed by atoms with Gasteiger partial charge in [0.05, 0.1) is 5.02 Å². The van der Waals surface area contributed by atoms with E-state index in [1.165, 1.54) is 18.2 Å². The Balaban J connectivity index is 1.82. The van der Waals surface area contributed by atoms with Gasteiger partial charge >= 0.3 is 0 Å². The monoisotopic (exact) mass is 421 g/mol. The summed E-state index contributed by atoms with van der Waals surface area (Å²) in [5.74, 6) is 1.20. The minimum Gasteiger partial charge on any atom is -0.390 e. The van der Waals surface area contributed by atoms with Gasteiger partial charge in [-0.05, 0) is 43.1 Å². The van der Waals surface area contributed by atoms with Crippen molar-refractivity contribution in [1.29, 1.82) is 0 Å². The van der Waals surface area contributed by atoms with Crippen molar-refractivity contribution in [2.24, 2.45) is 32.8 Å². The lowest BCUT2D eigenvalue weighted by molar-refractivity contribution is 0.208. The van der Waals surface area contributed by atoms with Gasteiger partial charge in [0.1, 0.15) is 10.9 Å². The van der Waals surface area contributed by atoms with Crippen LogP contribution in [0.2, 0.25) is 5.02 Å². The van der Waals surface area contributed by atoms with Crippen LogP contribution in [0.4, 0.5) is 5.82 Å². The number of hydrogen-bond donors (Lipinski definition) is 4. The lowest BCUT2D eigenvalue weighted by Gasteiger charge is -2.34. The normalized spacial score (nSPS) is 30.0. The summed E-state index contributed by atoms with van der Waals surface area (Å²) in [5, 5.41) is 4.28. The summed E-state index contributed by atoms with van der Waals surface area (Å²) >= 11 is 7.59. The van der Waals surface area contributed by atoms with Crippen molar-refractivity contribution in [3.05, 3.63) is 29.7 Å². The van der Waals surface area contributed by atoms with E-state index in [4.69, 9.17) is 28.8 Å². The largest absolute Gasteiger partial charge is 0.390 e. The number of aliphatic imine (C=N–C) groups is 2. The van der Waals surface area contributed by atoms with Crippen molar-refractivity contribution in [2.45, 2.75) is 43.5 Å². The van der Waals surface area contributed by atoms with Crippen molar-refractivity contribution in [2.75, 3.05) is 18.8 Å². The molecular formula is C19H28ClN7S. The molecule has 9 heteroatoms. The van der Waals surface area contributed by atoms with E-state index in [2.05, 4.69) is 27.2 Å². The van der Waals surface area contributed by atoms with Gasteiger partial charge in [-0.15, -0.1) is 0 Å². The number of hydrogen-bond acceptors (Lipinski definition) is 8. The molecule has 0 saturated heterocycles. The molecule has 0 amide bonds. The second-order valence-electron chi connectivity index (χ2n) is 7.49. The number of halogens is 1. The summed E-state index contributed by atoms with van der Waals surface area (Å²) in [6, 6.07) is 1.98. The lowest BCUT2D eigenvalue weighted by Crippen LogP contribution is -2.42. The molecule has 7 nitrogen and oxygen atoms in total. The van der Waals surface area contributed by atoms with Gasteiger partial charge in [0.2, 0.25) is 0 Å². The Morgan fingerprint density at radius 3 is 2.86 bits per heavy atom. The average Bonchev–Trinajstić information content (AvgIpc) is 2.95. The molecule has 1 aliphatic heterocycles. The first-order chi connectivity index (χ1) is 13.4. The number of nitrogens with two attached hydrogens (primary N) is 3. The van der Waals surface area contributed by atoms with Crippen LogP contribution in [0.3, 0.4) is 0 Å². The van der Waals surface area contributed by atoms with Crippen molar-refractivity contribution in [3.8, 4) is 0 Å². The molecule has 1 fully saturated rings. The zero-order valence-corrected chi connectivity index (χ0v) is 17.6. The molecule has 3 rings (SSSR count). The highest BCUT2D eigenvalue weighted by molar-refractivity contribution is 8.15. The number of nitrogen functional groups attached to an aromatic ring is 1. The SMILES string of the molecule is CC1CCC2(CCN=C(N)C(Sc3ccnc(N)c3Cl)=N/C=C/NCC2)C1N. The van der Waals surface area contributed by atoms with Crippen LogP contribution in [0.5, 0.6) is 0 Å². The molecule has 28 heavy (non-hydrogen) atoms. The van der Waals surface area contributed by atoms with Crippen LogP contribution in [0.25, 0.3) is 0 Å². The molecule has 1 spiro atoms. The molecule has 1 aromatic heterocycles. The first kappa shape index (κ1) is 21.0. The molecular weight excluding hydrogens is 394 g/mol. The predicted molar refractivity (Wildman–Crippen MR) is 119 cm³/mol. The Morgan fingerprint density at radius 1 is 1.29 bits per heavy atom. The maximum Gasteiger partial charge on any atom is 0.151 e. The number of anilines is 1. The van der Waals surface area contributed by atoms with Gasteiger partial charge < -0.3 is 22.5 Å². The van der Waals surface area contributed by atoms with Crippen LogP contribution in [0, 0.1) is 11.3 Å². The third-order valence-corrected chi connectivity index (χ3v) is 7.34. The Morgan fingerprint density at radius 2 is 2.11 bits per heavy atom. The summed E-state index contributed by atoms with van der Waals surface area (Å²) < 4.78 is 0. The molecule has 7 N–H and O–H groups in total. The Labute approximate surface area is 175 Å². The zero-order chi connectivity index (χ0) is 20.1. The number of aromatic nitrogens is 1. The molecule has 0 aromatic carbocycles. The van der Waals surface area contributed by atoms with Crippen LogP contribution in [-0.2, 0) is 0 Å². The van der Waals surface area contributed by atoms with Crippen molar-refractivity contribution >= 4 is 40.1 Å². The van der Waals surface area contributed by atoms with E-state index in [0.29, 0.717) is 28.4 Å². The first-order valence-corrected chi connectivity index (χ1v) is 10.7. The molecule has 1 aliphatic carbocycles. The van der Waals surface area contributed by atoms with E-state index in [1.807, 2.05) is 6.20 Å². The lowest BCUT2D eigenvalue weighted by atomic mass is 9.75. The number of pyridine rings is 1. The van der Waals surface area contributed by atoms with Crippen molar-refractivity contribution in [1.82, 2.24) is 10.3 Å². The summed E-state index contributed by atoms with van der Waals surface area (Å²) in [4.78, 5) is 13.8. The van der Waals surface area contributed by atoms with Gasteiger partial charge in [-0.25, -0.2) is 9.98 Å². The molecule has 2 heterocycles. The molecule has 1 aromatic rings. The Bertz CT molecular complexity index is 794. The molecule has 0 bridgehead atoms. The maximum absolute atomic E-state index is 6.58. The second kappa shape index (κ2) is 9.15.